The number of nitrogens with zero attached hydrogens (tertiary/aromatic N) is 3. The maximum Gasteiger partial charge on any atom is 0.278 e. The van der Waals surface area contributed by atoms with E-state index in [2.05, 4.69) is 19.9 Å². The van der Waals surface area contributed by atoms with Gasteiger partial charge in [0.05, 0.1) is 12.4 Å². The molecule has 0 aliphatic rings. The molecule has 4 N–H and O–H groups in total. The Morgan fingerprint density at radius 2 is 2.29 bits per heavy atom. The third kappa shape index (κ3) is 1.87. The molecule has 2 rings (SSSR count). The quantitative estimate of drug-likeness (QED) is 0.531. The molecule has 2 aromatic heterocycles. The van der Waals surface area contributed by atoms with E-state index in [1.54, 1.807) is 6.07 Å². The molecule has 72 valence electrons. The molecule has 2 aromatic rings. The first-order chi connectivity index (χ1) is 6.69. The fraction of sp³-hybridized carbons (Fsp3) is 0.143. The molecule has 0 aliphatic heterocycles. The van der Waals surface area contributed by atoms with Crippen LogP contribution in [0.1, 0.15) is 6.92 Å². The highest BCUT2D eigenvalue weighted by molar-refractivity contribution is 5.69. The second kappa shape index (κ2) is 4.04. The van der Waals surface area contributed by atoms with Crippen molar-refractivity contribution in [1.82, 2.24) is 19.9 Å². The molecule has 0 saturated heterocycles. The van der Waals surface area contributed by atoms with Gasteiger partial charge in [0.25, 0.3) is 5.56 Å². The predicted molar refractivity (Wildman–Crippen MR) is 50.2 cm³/mol. The van der Waals surface area contributed by atoms with E-state index in [4.69, 9.17) is 11.0 Å². The van der Waals surface area contributed by atoms with E-state index < -0.39 is 0 Å². The number of nitrogens with one attached hydrogen (secondary N) is 2. The highest BCUT2D eigenvalue weighted by Gasteiger charge is 2.01. The summed E-state index contributed by atoms with van der Waals surface area (Å²) in [7, 11) is 0. The van der Waals surface area contributed by atoms with Crippen LogP contribution in [0.15, 0.2) is 11.1 Å². The molecule has 0 amide bonds. The van der Waals surface area contributed by atoms with Crippen LogP contribution >= 0.6 is 0 Å². The number of aromatic amines is 2. The van der Waals surface area contributed by atoms with E-state index in [-0.39, 0.29) is 11.5 Å². The normalized spacial score (nSPS) is 8.86. The summed E-state index contributed by atoms with van der Waals surface area (Å²) >= 11 is 0. The Balaban J connectivity index is 0.000000293. The topological polar surface area (TPSA) is 124 Å². The minimum absolute atomic E-state index is 0.0783. The molecule has 0 aromatic carbocycles. The Kier molecular flexibility index (Phi) is 2.81. The first kappa shape index (κ1) is 9.73. The van der Waals surface area contributed by atoms with Gasteiger partial charge >= 0.3 is 0 Å². The van der Waals surface area contributed by atoms with E-state index >= 15 is 0 Å². The first-order valence-corrected chi connectivity index (χ1v) is 3.68. The van der Waals surface area contributed by atoms with Crippen molar-refractivity contribution < 1.29 is 0 Å². The number of rotatable bonds is 0. The molecular weight excluding hydrogens is 184 g/mol. The molecule has 0 aliphatic carbocycles. The zero-order valence-corrected chi connectivity index (χ0v) is 7.40. The van der Waals surface area contributed by atoms with E-state index in [0.29, 0.717) is 11.2 Å². The average Bonchev–Trinajstić information content (AvgIpc) is 2.53. The maximum absolute atomic E-state index is 11.0. The average molecular weight is 192 g/mol. The SMILES string of the molecule is CC#N.Nc1nc2nc[nH]c2c(=O)[nH]1. The molecule has 0 spiro atoms. The van der Waals surface area contributed by atoms with Gasteiger partial charge in [0.1, 0.15) is 0 Å². The lowest BCUT2D eigenvalue weighted by Gasteiger charge is -1.89. The summed E-state index contributed by atoms with van der Waals surface area (Å²) in [6, 6.07) is 1.75. The zero-order chi connectivity index (χ0) is 10.6. The van der Waals surface area contributed by atoms with Crippen LogP contribution in [0.3, 0.4) is 0 Å². The lowest BCUT2D eigenvalue weighted by atomic mass is 10.5. The molecule has 7 nitrogen and oxygen atoms in total. The number of imidazole rings is 1. The highest BCUT2D eigenvalue weighted by Crippen LogP contribution is 1.98. The van der Waals surface area contributed by atoms with Crippen molar-refractivity contribution in [3.05, 3.63) is 16.7 Å². The molecule has 7 heteroatoms. The van der Waals surface area contributed by atoms with Crippen LogP contribution < -0.4 is 11.3 Å². The minimum Gasteiger partial charge on any atom is -0.369 e. The van der Waals surface area contributed by atoms with Gasteiger partial charge in [-0.3, -0.25) is 9.78 Å². The molecule has 0 bridgehead atoms. The van der Waals surface area contributed by atoms with Crippen molar-refractivity contribution in [2.75, 3.05) is 5.73 Å². The Bertz CT molecular complexity index is 519. The summed E-state index contributed by atoms with van der Waals surface area (Å²) in [5, 5.41) is 7.32. The first-order valence-electron chi connectivity index (χ1n) is 3.68. The number of aromatic nitrogens is 4. The van der Waals surface area contributed by atoms with Gasteiger partial charge in [0.2, 0.25) is 5.95 Å². The maximum atomic E-state index is 11.0. The number of nitrogen functional groups attached to an aromatic ring is 1. The molecule has 14 heavy (non-hydrogen) atoms. The summed E-state index contributed by atoms with van der Waals surface area (Å²) in [4.78, 5) is 23.5. The lowest BCUT2D eigenvalue weighted by Crippen LogP contribution is -2.10. The van der Waals surface area contributed by atoms with Crippen molar-refractivity contribution in [2.45, 2.75) is 6.92 Å². The summed E-state index contributed by atoms with van der Waals surface area (Å²) in [6.07, 6.45) is 1.40. The van der Waals surface area contributed by atoms with Crippen LogP contribution in [-0.4, -0.2) is 19.9 Å². The van der Waals surface area contributed by atoms with Gasteiger partial charge in [-0.1, -0.05) is 0 Å². The van der Waals surface area contributed by atoms with Crippen LogP contribution in [0.2, 0.25) is 0 Å². The van der Waals surface area contributed by atoms with E-state index in [1.165, 1.54) is 13.3 Å². The number of hydrogen-bond acceptors (Lipinski definition) is 5. The molecule has 0 atom stereocenters. The second-order valence-electron chi connectivity index (χ2n) is 2.28. The van der Waals surface area contributed by atoms with E-state index in [1.807, 2.05) is 0 Å². The number of hydrogen-bond donors (Lipinski definition) is 3. The van der Waals surface area contributed by atoms with Gasteiger partial charge in [-0.15, -0.1) is 0 Å². The summed E-state index contributed by atoms with van der Waals surface area (Å²) in [5.41, 5.74) is 5.65. The Hall–Kier alpha value is -2.36. The summed E-state index contributed by atoms with van der Waals surface area (Å²) < 4.78 is 0. The van der Waals surface area contributed by atoms with E-state index in [0.717, 1.165) is 0 Å². The van der Waals surface area contributed by atoms with Crippen LogP contribution in [0.25, 0.3) is 11.2 Å². The van der Waals surface area contributed by atoms with Gasteiger partial charge in [0, 0.05) is 6.92 Å². The predicted octanol–water partition coefficient (Wildman–Crippen LogP) is -0.242. The standard InChI is InChI=1S/C5H5N5O.C2H3N/c6-5-9-3-2(4(11)10-5)7-1-8-3;1-2-3/h1H,(H4,6,7,8,9,10,11);1H3. The van der Waals surface area contributed by atoms with Crippen LogP contribution in [0, 0.1) is 11.3 Å². The van der Waals surface area contributed by atoms with Gasteiger partial charge < -0.3 is 10.7 Å². The van der Waals surface area contributed by atoms with Crippen molar-refractivity contribution >= 4 is 17.1 Å². The highest BCUT2D eigenvalue weighted by atomic mass is 16.1. The smallest absolute Gasteiger partial charge is 0.278 e. The summed E-state index contributed by atoms with van der Waals surface area (Å²) in [5.74, 6) is 0.0783. The fourth-order valence-electron chi connectivity index (χ4n) is 0.860. The van der Waals surface area contributed by atoms with Crippen molar-refractivity contribution in [3.63, 3.8) is 0 Å². The lowest BCUT2D eigenvalue weighted by molar-refractivity contribution is 1.17. The van der Waals surface area contributed by atoms with Crippen molar-refractivity contribution in [2.24, 2.45) is 0 Å². The van der Waals surface area contributed by atoms with Crippen LogP contribution in [-0.2, 0) is 0 Å². The summed E-state index contributed by atoms with van der Waals surface area (Å²) in [6.45, 7) is 1.43. The van der Waals surface area contributed by atoms with Crippen molar-refractivity contribution in [3.8, 4) is 6.07 Å². The van der Waals surface area contributed by atoms with Crippen LogP contribution in [0.5, 0.6) is 0 Å². The van der Waals surface area contributed by atoms with Gasteiger partial charge in [0.15, 0.2) is 11.2 Å². The molecule has 0 saturated carbocycles. The number of H-pyrrole nitrogens is 2. The van der Waals surface area contributed by atoms with Gasteiger partial charge in [-0.2, -0.15) is 10.2 Å². The number of nitriles is 1. The second-order valence-corrected chi connectivity index (χ2v) is 2.28. The Morgan fingerprint density at radius 1 is 1.64 bits per heavy atom. The molecule has 0 fully saturated rings. The fourth-order valence-corrected chi connectivity index (χ4v) is 0.860. The Morgan fingerprint density at radius 3 is 2.93 bits per heavy atom. The molecule has 2 heterocycles. The zero-order valence-electron chi connectivity index (χ0n) is 7.40. The third-order valence-corrected chi connectivity index (χ3v) is 1.31. The monoisotopic (exact) mass is 192 g/mol. The van der Waals surface area contributed by atoms with Crippen molar-refractivity contribution in [1.29, 1.82) is 5.26 Å². The van der Waals surface area contributed by atoms with Gasteiger partial charge in [-0.25, -0.2) is 4.98 Å². The van der Waals surface area contributed by atoms with Gasteiger partial charge in [-0.05, 0) is 0 Å². The number of nitrogens with two attached hydrogens (primary N) is 1. The minimum atomic E-state index is -0.301. The number of anilines is 1. The molecular formula is C7H8N6O. The third-order valence-electron chi connectivity index (χ3n) is 1.31. The number of fused-ring (bicyclic) bond motifs is 1. The largest absolute Gasteiger partial charge is 0.369 e. The van der Waals surface area contributed by atoms with E-state index in [9.17, 15) is 4.79 Å². The Labute approximate surface area is 78.6 Å². The van der Waals surface area contributed by atoms with Crippen LogP contribution in [0.4, 0.5) is 5.95 Å². The molecule has 0 radical (unpaired) electrons. The molecule has 0 unspecified atom stereocenters.